The van der Waals surface area contributed by atoms with E-state index in [1.54, 1.807) is 37.1 Å². The summed E-state index contributed by atoms with van der Waals surface area (Å²) in [6, 6.07) is 31.7. The molecule has 1 aromatic heterocycles. The van der Waals surface area contributed by atoms with Crippen molar-refractivity contribution in [2.24, 2.45) is 0 Å². The fourth-order valence-electron chi connectivity index (χ4n) is 8.56. The number of ether oxygens (including phenoxy) is 6. The van der Waals surface area contributed by atoms with Gasteiger partial charge in [0, 0.05) is 73.3 Å². The second kappa shape index (κ2) is 22.7. The van der Waals surface area contributed by atoms with Gasteiger partial charge in [0.25, 0.3) is 0 Å². The molecule has 0 unspecified atom stereocenters. The Morgan fingerprint density at radius 1 is 0.648 bits per heavy atom. The SMILES string of the molecule is COc1cccc(OCC2(c3ccc(-c4cn(S(=O)(=O)N(C)C)nc4C)cc3)CCN(C(=O)OC(C)(C)C)CC2)c1.COc1cccc(OCC2(c3ccc(Br)cc3)CCN(C(=O)OC(C)(C)C)CC2)c1. The van der Waals surface area contributed by atoms with Crippen LogP contribution in [0.4, 0.5) is 9.59 Å². The van der Waals surface area contributed by atoms with Crippen LogP contribution in [0.2, 0.25) is 0 Å². The molecule has 0 bridgehead atoms. The highest BCUT2D eigenvalue weighted by Gasteiger charge is 2.41. The van der Waals surface area contributed by atoms with Gasteiger partial charge in [-0.05, 0) is 127 Å². The van der Waals surface area contributed by atoms with Gasteiger partial charge >= 0.3 is 22.4 Å². The maximum Gasteiger partial charge on any atom is 0.410 e. The highest BCUT2D eigenvalue weighted by Crippen LogP contribution is 2.40. The molecule has 2 aliphatic rings. The van der Waals surface area contributed by atoms with E-state index in [4.69, 9.17) is 28.4 Å². The number of halogens is 1. The molecule has 2 fully saturated rings. The van der Waals surface area contributed by atoms with Gasteiger partial charge in [0.15, 0.2) is 0 Å². The number of piperidine rings is 2. The number of hydrogen-bond acceptors (Lipinski definition) is 11. The predicted molar refractivity (Wildman–Crippen MR) is 279 cm³/mol. The maximum atomic E-state index is 12.8. The molecule has 71 heavy (non-hydrogen) atoms. The third-order valence-corrected chi connectivity index (χ3v) is 14.8. The van der Waals surface area contributed by atoms with Crippen LogP contribution in [0.5, 0.6) is 23.0 Å². The first-order valence-electron chi connectivity index (χ1n) is 23.8. The lowest BCUT2D eigenvalue weighted by atomic mass is 9.73. The highest BCUT2D eigenvalue weighted by atomic mass is 79.9. The summed E-state index contributed by atoms with van der Waals surface area (Å²) in [6.45, 7) is 16.3. The van der Waals surface area contributed by atoms with E-state index in [9.17, 15) is 18.0 Å². The summed E-state index contributed by atoms with van der Waals surface area (Å²) in [5.41, 5.74) is 2.93. The van der Waals surface area contributed by atoms with Crippen LogP contribution < -0.4 is 18.9 Å². The summed E-state index contributed by atoms with van der Waals surface area (Å²) in [5, 5.41) is 4.24. The van der Waals surface area contributed by atoms with Crippen molar-refractivity contribution in [3.63, 3.8) is 0 Å². The standard InChI is InChI=1S/C30H40N4O6S.C24H30BrNO4/c1-22-27(20-34(31-22)41(36,37)32(5)6)23-11-13-24(14-12-23)30(21-39-26-10-8-9-25(19-26)38-7)15-17-33(18-16-30)28(35)40-29(2,3)4;1-23(2,3)30-22(27)26-14-12-24(13-15-26,18-8-10-19(25)11-9-18)17-29-21-7-5-6-20(16-21)28-4/h8-14,19-20H,15-18,21H2,1-7H3;5-11,16H,12-15,17H2,1-4H3. The molecule has 7 rings (SSSR count). The lowest BCUT2D eigenvalue weighted by Gasteiger charge is -2.42. The van der Waals surface area contributed by atoms with Gasteiger partial charge < -0.3 is 38.2 Å². The van der Waals surface area contributed by atoms with E-state index in [1.807, 2.05) is 102 Å². The normalized spacial score (nSPS) is 15.8. The van der Waals surface area contributed by atoms with Crippen molar-refractivity contribution in [2.75, 3.05) is 67.7 Å². The predicted octanol–water partition coefficient (Wildman–Crippen LogP) is 10.7. The largest absolute Gasteiger partial charge is 0.497 e. The fraction of sp³-hybridized carbons (Fsp3) is 0.463. The molecule has 2 saturated heterocycles. The molecule has 17 heteroatoms. The van der Waals surface area contributed by atoms with E-state index in [1.165, 1.54) is 19.7 Å². The monoisotopic (exact) mass is 1060 g/mol. The van der Waals surface area contributed by atoms with Crippen molar-refractivity contribution in [3.05, 3.63) is 125 Å². The minimum atomic E-state index is -3.71. The molecular formula is C54H70BrN5O10S. The minimum Gasteiger partial charge on any atom is -0.497 e. The van der Waals surface area contributed by atoms with Gasteiger partial charge in [-0.3, -0.25) is 0 Å². The van der Waals surface area contributed by atoms with Crippen molar-refractivity contribution in [2.45, 2.75) is 96.2 Å². The minimum absolute atomic E-state index is 0.178. The number of likely N-dealkylation sites (tertiary alicyclic amines) is 2. The van der Waals surface area contributed by atoms with Gasteiger partial charge in [-0.15, -0.1) is 0 Å². The zero-order valence-electron chi connectivity index (χ0n) is 43.0. The molecule has 4 aromatic carbocycles. The number of rotatable bonds is 13. The van der Waals surface area contributed by atoms with Crippen molar-refractivity contribution >= 4 is 38.3 Å². The van der Waals surface area contributed by atoms with Crippen LogP contribution >= 0.6 is 15.9 Å². The van der Waals surface area contributed by atoms with Gasteiger partial charge in [-0.2, -0.15) is 21.9 Å². The Balaban J connectivity index is 0.000000244. The van der Waals surface area contributed by atoms with Crippen LogP contribution in [0, 0.1) is 6.92 Å². The summed E-state index contributed by atoms with van der Waals surface area (Å²) >= 11 is 3.52. The number of hydrogen-bond donors (Lipinski definition) is 0. The molecule has 0 spiro atoms. The van der Waals surface area contributed by atoms with E-state index in [-0.39, 0.29) is 23.0 Å². The first kappa shape index (κ1) is 54.6. The summed E-state index contributed by atoms with van der Waals surface area (Å²) in [6.07, 6.45) is 3.97. The van der Waals surface area contributed by atoms with Crippen LogP contribution in [-0.4, -0.2) is 123 Å². The van der Waals surface area contributed by atoms with E-state index in [0.717, 1.165) is 53.9 Å². The number of methoxy groups -OCH3 is 2. The Bertz CT molecular complexity index is 2680. The van der Waals surface area contributed by atoms with Gasteiger partial charge in [0.1, 0.15) is 34.2 Å². The number of amides is 2. The number of nitrogens with zero attached hydrogens (tertiary/aromatic N) is 5. The summed E-state index contributed by atoms with van der Waals surface area (Å²) < 4.78 is 62.7. The van der Waals surface area contributed by atoms with E-state index < -0.39 is 21.4 Å². The summed E-state index contributed by atoms with van der Waals surface area (Å²) in [7, 11) is 2.50. The number of aryl methyl sites for hydroxylation is 1. The van der Waals surface area contributed by atoms with Crippen molar-refractivity contribution < 1.29 is 46.4 Å². The van der Waals surface area contributed by atoms with E-state index in [2.05, 4.69) is 57.4 Å². The Morgan fingerprint density at radius 3 is 1.42 bits per heavy atom. The van der Waals surface area contributed by atoms with Gasteiger partial charge in [-0.25, -0.2) is 9.59 Å². The summed E-state index contributed by atoms with van der Waals surface area (Å²) in [5.74, 6) is 2.97. The molecule has 3 heterocycles. The molecule has 2 aliphatic heterocycles. The van der Waals surface area contributed by atoms with E-state index >= 15 is 0 Å². The van der Waals surface area contributed by atoms with Crippen LogP contribution in [0.1, 0.15) is 84.0 Å². The fourth-order valence-corrected chi connectivity index (χ4v) is 9.62. The quantitative estimate of drug-likeness (QED) is 0.111. The average Bonchev–Trinajstić information content (AvgIpc) is 3.74. The Hall–Kier alpha value is -5.78. The second-order valence-electron chi connectivity index (χ2n) is 20.3. The number of carbonyl (C=O) groups is 2. The molecule has 0 N–H and O–H groups in total. The van der Waals surface area contributed by atoms with E-state index in [0.29, 0.717) is 69.4 Å². The molecule has 384 valence electrons. The maximum absolute atomic E-state index is 12.8. The first-order valence-corrected chi connectivity index (χ1v) is 26.0. The van der Waals surface area contributed by atoms with Crippen molar-refractivity contribution in [1.29, 1.82) is 0 Å². The topological polar surface area (TPSA) is 151 Å². The van der Waals surface area contributed by atoms with Gasteiger partial charge in [0.2, 0.25) is 0 Å². The van der Waals surface area contributed by atoms with Crippen LogP contribution in [0.15, 0.2) is 108 Å². The smallest absolute Gasteiger partial charge is 0.410 e. The van der Waals surface area contributed by atoms with Gasteiger partial charge in [0.05, 0.1) is 39.3 Å². The molecule has 0 aliphatic carbocycles. The molecule has 5 aromatic rings. The van der Waals surface area contributed by atoms with Gasteiger partial charge in [-0.1, -0.05) is 64.5 Å². The van der Waals surface area contributed by atoms with Crippen molar-refractivity contribution in [3.8, 4) is 34.1 Å². The highest BCUT2D eigenvalue weighted by molar-refractivity contribution is 9.10. The zero-order valence-corrected chi connectivity index (χ0v) is 45.4. The van der Waals surface area contributed by atoms with Crippen LogP contribution in [-0.2, 0) is 30.5 Å². The Labute approximate surface area is 428 Å². The van der Waals surface area contributed by atoms with Crippen LogP contribution in [0.3, 0.4) is 0 Å². The first-order chi connectivity index (χ1) is 33.4. The molecule has 0 saturated carbocycles. The lowest BCUT2D eigenvalue weighted by Crippen LogP contribution is -2.49. The zero-order chi connectivity index (χ0) is 51.8. The molecule has 0 radical (unpaired) electrons. The molecule has 0 atom stereocenters. The Morgan fingerprint density at radius 2 is 1.04 bits per heavy atom. The third-order valence-electron chi connectivity index (χ3n) is 12.7. The third kappa shape index (κ3) is 14.2. The Kier molecular flexibility index (Phi) is 17.5. The summed E-state index contributed by atoms with van der Waals surface area (Å²) in [4.78, 5) is 28.8. The molecular weight excluding hydrogens is 991 g/mol. The second-order valence-corrected chi connectivity index (χ2v) is 23.2. The number of benzene rings is 4. The molecule has 2 amide bonds. The number of aromatic nitrogens is 2. The lowest BCUT2D eigenvalue weighted by molar-refractivity contribution is 0.0123. The van der Waals surface area contributed by atoms with Crippen LogP contribution in [0.25, 0.3) is 11.1 Å². The molecule has 15 nitrogen and oxygen atoms in total. The number of carbonyl (C=O) groups excluding carboxylic acids is 2. The van der Waals surface area contributed by atoms with Crippen molar-refractivity contribution in [1.82, 2.24) is 23.3 Å². The average molecular weight is 1060 g/mol.